The number of nitrogens with zero attached hydrogens (tertiary/aromatic N) is 1. The highest BCUT2D eigenvalue weighted by Gasteiger charge is 2.39. The zero-order valence-electron chi connectivity index (χ0n) is 29.4. The average molecular weight is 681 g/mol. The van der Waals surface area contributed by atoms with E-state index in [0.29, 0.717) is 6.54 Å². The Kier molecular flexibility index (Phi) is 12.6. The van der Waals surface area contributed by atoms with Crippen molar-refractivity contribution in [1.29, 1.82) is 0 Å². The summed E-state index contributed by atoms with van der Waals surface area (Å²) < 4.78 is 18.5. The van der Waals surface area contributed by atoms with Crippen molar-refractivity contribution < 1.29 is 34.0 Å². The number of aliphatic hydroxyl groups excluding tert-OH is 2. The van der Waals surface area contributed by atoms with E-state index < -0.39 is 24.5 Å². The molecule has 7 unspecified atom stereocenters. The molecule has 1 fully saturated rings. The summed E-state index contributed by atoms with van der Waals surface area (Å²) in [5.74, 6) is -0.887. The highest BCUT2D eigenvalue weighted by molar-refractivity contribution is 5.82. The summed E-state index contributed by atoms with van der Waals surface area (Å²) in [7, 11) is 2.01. The van der Waals surface area contributed by atoms with Crippen molar-refractivity contribution >= 4 is 11.9 Å². The van der Waals surface area contributed by atoms with Crippen LogP contribution in [-0.4, -0.2) is 58.8 Å². The van der Waals surface area contributed by atoms with E-state index in [1.807, 2.05) is 111 Å². The molecule has 1 saturated heterocycles. The lowest BCUT2D eigenvalue weighted by atomic mass is 9.89. The van der Waals surface area contributed by atoms with Gasteiger partial charge in [0.1, 0.15) is 0 Å². The van der Waals surface area contributed by atoms with E-state index in [0.717, 1.165) is 38.9 Å². The number of amides is 1. The second kappa shape index (κ2) is 17.0. The molecule has 3 N–H and O–H groups in total. The maximum absolute atomic E-state index is 12.4. The van der Waals surface area contributed by atoms with Gasteiger partial charge in [-0.25, -0.2) is 0 Å². The number of hydrogen-bond acceptors (Lipinski definition) is 8. The van der Waals surface area contributed by atoms with Crippen LogP contribution in [0.25, 0.3) is 11.1 Å². The highest BCUT2D eigenvalue weighted by Crippen LogP contribution is 2.42. The van der Waals surface area contributed by atoms with Crippen molar-refractivity contribution in [2.75, 3.05) is 13.6 Å². The maximum Gasteiger partial charge on any atom is 0.303 e. The Morgan fingerprint density at radius 2 is 1.54 bits per heavy atom. The smallest absolute Gasteiger partial charge is 0.303 e. The third-order valence-electron chi connectivity index (χ3n) is 9.48. The second-order valence-electron chi connectivity index (χ2n) is 13.2. The first kappa shape index (κ1) is 36.9. The molecule has 1 aliphatic rings. The summed E-state index contributed by atoms with van der Waals surface area (Å²) in [6.07, 6.45) is -2.70. The number of ether oxygens (including phenoxy) is 3. The van der Waals surface area contributed by atoms with Crippen molar-refractivity contribution in [3.05, 3.63) is 131 Å². The molecule has 9 nitrogen and oxygen atoms in total. The number of likely N-dealkylation sites (N-methyl/N-ethyl adjacent to an activating group) is 1. The lowest BCUT2D eigenvalue weighted by Gasteiger charge is -2.43. The van der Waals surface area contributed by atoms with Crippen LogP contribution < -0.4 is 5.32 Å². The number of carbonyl (C=O) groups excluding carboxylic acids is 2. The molecule has 0 aromatic heterocycles. The third-order valence-corrected chi connectivity index (χ3v) is 9.48. The van der Waals surface area contributed by atoms with Crippen LogP contribution in [0, 0.1) is 5.92 Å². The SMILES string of the molecule is CC(=O)OC(C)C(=O)NCc1cccc(-c2cccc(C3OC(CN(C)C(C)C(O)c4ccccc4)C(C)C(c4ccc(CO)cc4)O3)c2)c1. The van der Waals surface area contributed by atoms with E-state index in [4.69, 9.17) is 14.2 Å². The van der Waals surface area contributed by atoms with Gasteiger partial charge in [0.15, 0.2) is 12.4 Å². The number of esters is 1. The molecule has 7 atom stereocenters. The van der Waals surface area contributed by atoms with E-state index in [1.54, 1.807) is 6.92 Å². The number of rotatable bonds is 13. The van der Waals surface area contributed by atoms with Crippen molar-refractivity contribution in [1.82, 2.24) is 10.2 Å². The molecule has 4 aromatic carbocycles. The molecule has 0 saturated carbocycles. The van der Waals surface area contributed by atoms with Crippen molar-refractivity contribution in [2.45, 2.75) is 77.6 Å². The summed E-state index contributed by atoms with van der Waals surface area (Å²) in [5, 5.41) is 23.6. The molecular weight excluding hydrogens is 632 g/mol. The fourth-order valence-corrected chi connectivity index (χ4v) is 6.31. The first-order chi connectivity index (χ1) is 24.0. The quantitative estimate of drug-likeness (QED) is 0.142. The van der Waals surface area contributed by atoms with Crippen molar-refractivity contribution in [2.24, 2.45) is 5.92 Å². The molecule has 264 valence electrons. The van der Waals surface area contributed by atoms with Gasteiger partial charge in [-0.05, 0) is 66.4 Å². The van der Waals surface area contributed by atoms with E-state index in [1.165, 1.54) is 6.92 Å². The lowest BCUT2D eigenvalue weighted by Crippen LogP contribution is -2.46. The van der Waals surface area contributed by atoms with Gasteiger partial charge in [-0.3, -0.25) is 14.5 Å². The molecule has 5 rings (SSSR count). The summed E-state index contributed by atoms with van der Waals surface area (Å²) in [4.78, 5) is 25.8. The summed E-state index contributed by atoms with van der Waals surface area (Å²) in [6.45, 7) is 7.79. The lowest BCUT2D eigenvalue weighted by molar-refractivity contribution is -0.276. The van der Waals surface area contributed by atoms with Gasteiger partial charge < -0.3 is 29.7 Å². The Bertz CT molecular complexity index is 1710. The zero-order valence-corrected chi connectivity index (χ0v) is 29.4. The van der Waals surface area contributed by atoms with E-state index in [9.17, 15) is 19.8 Å². The van der Waals surface area contributed by atoms with Gasteiger partial charge in [0.05, 0.1) is 24.9 Å². The largest absolute Gasteiger partial charge is 0.453 e. The van der Waals surface area contributed by atoms with Crippen LogP contribution in [0.1, 0.15) is 74.0 Å². The minimum Gasteiger partial charge on any atom is -0.453 e. The van der Waals surface area contributed by atoms with Crippen LogP contribution in [0.4, 0.5) is 0 Å². The Labute approximate surface area is 294 Å². The van der Waals surface area contributed by atoms with Gasteiger partial charge in [0.2, 0.25) is 0 Å². The summed E-state index contributed by atoms with van der Waals surface area (Å²) >= 11 is 0. The summed E-state index contributed by atoms with van der Waals surface area (Å²) in [6, 6.07) is 33.3. The molecule has 0 bridgehead atoms. The van der Waals surface area contributed by atoms with Gasteiger partial charge in [0.25, 0.3) is 5.91 Å². The normalized spacial score (nSPS) is 20.9. The van der Waals surface area contributed by atoms with Crippen molar-refractivity contribution in [3.63, 3.8) is 0 Å². The molecule has 0 aliphatic carbocycles. The Morgan fingerprint density at radius 1 is 0.860 bits per heavy atom. The summed E-state index contributed by atoms with van der Waals surface area (Å²) in [5.41, 5.74) is 6.40. The number of nitrogens with one attached hydrogen (secondary N) is 1. The Balaban J connectivity index is 1.37. The third kappa shape index (κ3) is 9.24. The van der Waals surface area contributed by atoms with Crippen LogP contribution in [0.2, 0.25) is 0 Å². The molecule has 1 amide bonds. The minimum absolute atomic E-state index is 0.0200. The van der Waals surface area contributed by atoms with Crippen LogP contribution in [0.5, 0.6) is 0 Å². The number of hydrogen-bond donors (Lipinski definition) is 3. The minimum atomic E-state index is -0.872. The number of carbonyl (C=O) groups is 2. The predicted molar refractivity (Wildman–Crippen MR) is 191 cm³/mol. The van der Waals surface area contributed by atoms with Gasteiger partial charge in [-0.2, -0.15) is 0 Å². The first-order valence-electron chi connectivity index (χ1n) is 17.1. The van der Waals surface area contributed by atoms with Crippen molar-refractivity contribution in [3.8, 4) is 11.1 Å². The van der Waals surface area contributed by atoms with Crippen LogP contribution in [0.15, 0.2) is 103 Å². The van der Waals surface area contributed by atoms with E-state index in [2.05, 4.69) is 23.2 Å². The molecular formula is C41H48N2O7. The Hall–Kier alpha value is -4.38. The first-order valence-corrected chi connectivity index (χ1v) is 17.1. The van der Waals surface area contributed by atoms with Gasteiger partial charge in [-0.1, -0.05) is 97.9 Å². The van der Waals surface area contributed by atoms with Gasteiger partial charge >= 0.3 is 5.97 Å². The molecule has 4 aromatic rings. The van der Waals surface area contributed by atoms with Crippen LogP contribution in [0.3, 0.4) is 0 Å². The fourth-order valence-electron chi connectivity index (χ4n) is 6.31. The van der Waals surface area contributed by atoms with E-state index in [-0.39, 0.29) is 43.2 Å². The molecule has 1 heterocycles. The fraction of sp³-hybridized carbons (Fsp3) is 0.366. The monoisotopic (exact) mass is 680 g/mol. The highest BCUT2D eigenvalue weighted by atomic mass is 16.7. The van der Waals surface area contributed by atoms with Gasteiger partial charge in [-0.15, -0.1) is 0 Å². The van der Waals surface area contributed by atoms with Crippen LogP contribution in [-0.2, 0) is 37.0 Å². The molecule has 50 heavy (non-hydrogen) atoms. The standard InChI is InChI=1S/C41H48N2O7/c1-26-37(24-43(5)27(2)38(46)32-12-7-6-8-13-32)49-41(50-39(26)33-19-17-30(25-44)18-20-33)36-16-10-15-35(22-36)34-14-9-11-31(21-34)23-42-40(47)28(3)48-29(4)45/h6-22,26-28,37-39,41,44,46H,23-25H2,1-5H3,(H,42,47). The number of aliphatic hydroxyl groups is 2. The molecule has 1 aliphatic heterocycles. The zero-order chi connectivity index (χ0) is 35.8. The second-order valence-corrected chi connectivity index (χ2v) is 13.2. The van der Waals surface area contributed by atoms with Gasteiger partial charge in [0, 0.05) is 37.5 Å². The topological polar surface area (TPSA) is 118 Å². The average Bonchev–Trinajstić information content (AvgIpc) is 3.14. The maximum atomic E-state index is 12.4. The Morgan fingerprint density at radius 3 is 2.22 bits per heavy atom. The van der Waals surface area contributed by atoms with Crippen LogP contribution >= 0.6 is 0 Å². The molecule has 9 heteroatoms. The molecule has 0 radical (unpaired) electrons. The predicted octanol–water partition coefficient (Wildman–Crippen LogP) is 6.26. The number of benzene rings is 4. The van der Waals surface area contributed by atoms with E-state index >= 15 is 0 Å². The molecule has 0 spiro atoms.